The van der Waals surface area contributed by atoms with Gasteiger partial charge in [-0.2, -0.15) is 0 Å². The van der Waals surface area contributed by atoms with Crippen LogP contribution in [-0.4, -0.2) is 19.5 Å². The Bertz CT molecular complexity index is 356. The van der Waals surface area contributed by atoms with Gasteiger partial charge in [-0.3, -0.25) is 4.79 Å². The van der Waals surface area contributed by atoms with Crippen LogP contribution in [0.25, 0.3) is 0 Å². The number of Topliss-reactive ketones (excluding diaryl/α,β-unsaturated/α-hetero) is 1. The minimum atomic E-state index is 0.292. The molecular weight excluding hydrogens is 200 g/mol. The minimum absolute atomic E-state index is 0.292. The van der Waals surface area contributed by atoms with E-state index in [0.717, 1.165) is 12.0 Å². The molecule has 0 aliphatic carbocycles. The van der Waals surface area contributed by atoms with Crippen LogP contribution in [0, 0.1) is 13.8 Å². The first-order chi connectivity index (χ1) is 7.63. The smallest absolute Gasteiger partial charge is 0.137 e. The van der Waals surface area contributed by atoms with E-state index in [1.165, 1.54) is 11.1 Å². The number of carbonyl (C=O) groups excluding carboxylic acids is 1. The molecule has 0 amide bonds. The van der Waals surface area contributed by atoms with Crippen molar-refractivity contribution in [2.45, 2.75) is 33.1 Å². The normalized spacial score (nSPS) is 10.4. The summed E-state index contributed by atoms with van der Waals surface area (Å²) in [7, 11) is 1.66. The predicted octanol–water partition coefficient (Wildman–Crippen LogP) is 2.84. The van der Waals surface area contributed by atoms with Crippen LogP contribution in [0.4, 0.5) is 0 Å². The van der Waals surface area contributed by atoms with E-state index in [2.05, 4.69) is 26.0 Å². The molecule has 0 N–H and O–H groups in total. The number of carbonyl (C=O) groups is 1. The van der Waals surface area contributed by atoms with E-state index in [-0.39, 0.29) is 0 Å². The van der Waals surface area contributed by atoms with E-state index in [4.69, 9.17) is 4.74 Å². The zero-order valence-electron chi connectivity index (χ0n) is 10.4. The van der Waals surface area contributed by atoms with E-state index in [9.17, 15) is 4.79 Å². The maximum Gasteiger partial charge on any atom is 0.137 e. The summed E-state index contributed by atoms with van der Waals surface area (Å²) >= 11 is 0. The number of benzene rings is 1. The van der Waals surface area contributed by atoms with Crippen LogP contribution >= 0.6 is 0 Å². The molecule has 0 aromatic heterocycles. The molecule has 88 valence electrons. The summed E-state index contributed by atoms with van der Waals surface area (Å²) in [6.07, 6.45) is 1.98. The van der Waals surface area contributed by atoms with Gasteiger partial charge >= 0.3 is 0 Å². The van der Waals surface area contributed by atoms with Gasteiger partial charge in [-0.25, -0.2) is 0 Å². The Morgan fingerprint density at radius 2 is 2.00 bits per heavy atom. The van der Waals surface area contributed by atoms with Crippen LogP contribution in [0.15, 0.2) is 18.2 Å². The third-order valence-electron chi connectivity index (χ3n) is 2.78. The summed E-state index contributed by atoms with van der Waals surface area (Å²) in [5.74, 6) is 0.292. The standard InChI is InChI=1S/C14H20O2/c1-11-6-7-13(9-12(11)2)10-14(15)5-4-8-16-3/h6-7,9H,4-5,8,10H2,1-3H3. The number of rotatable bonds is 6. The average molecular weight is 220 g/mol. The molecule has 0 atom stereocenters. The molecule has 16 heavy (non-hydrogen) atoms. The molecule has 0 fully saturated rings. The topological polar surface area (TPSA) is 26.3 Å². The molecular formula is C14H20O2. The van der Waals surface area contributed by atoms with Crippen LogP contribution < -0.4 is 0 Å². The van der Waals surface area contributed by atoms with Gasteiger partial charge in [0.2, 0.25) is 0 Å². The van der Waals surface area contributed by atoms with Gasteiger partial charge in [0.1, 0.15) is 5.78 Å². The van der Waals surface area contributed by atoms with Crippen molar-refractivity contribution in [2.75, 3.05) is 13.7 Å². The molecule has 0 radical (unpaired) electrons. The van der Waals surface area contributed by atoms with Gasteiger partial charge in [-0.05, 0) is 37.0 Å². The highest BCUT2D eigenvalue weighted by atomic mass is 16.5. The summed E-state index contributed by atoms with van der Waals surface area (Å²) in [5.41, 5.74) is 3.64. The fraction of sp³-hybridized carbons (Fsp3) is 0.500. The van der Waals surface area contributed by atoms with Gasteiger partial charge in [0, 0.05) is 26.6 Å². The molecule has 0 unspecified atom stereocenters. The minimum Gasteiger partial charge on any atom is -0.385 e. The molecule has 0 aliphatic rings. The van der Waals surface area contributed by atoms with E-state index in [1.807, 2.05) is 6.07 Å². The van der Waals surface area contributed by atoms with E-state index < -0.39 is 0 Å². The molecule has 0 spiro atoms. The first-order valence-electron chi connectivity index (χ1n) is 5.70. The molecule has 1 aromatic carbocycles. The molecule has 1 aromatic rings. The summed E-state index contributed by atoms with van der Waals surface area (Å²) < 4.78 is 4.93. The van der Waals surface area contributed by atoms with Crippen molar-refractivity contribution in [1.29, 1.82) is 0 Å². The molecule has 0 aliphatic heterocycles. The Kier molecular flexibility index (Phi) is 5.20. The van der Waals surface area contributed by atoms with Crippen molar-refractivity contribution in [3.8, 4) is 0 Å². The predicted molar refractivity (Wildman–Crippen MR) is 65.7 cm³/mol. The van der Waals surface area contributed by atoms with Crippen molar-refractivity contribution in [3.05, 3.63) is 34.9 Å². The molecule has 2 heteroatoms. The summed E-state index contributed by atoms with van der Waals surface area (Å²) in [6, 6.07) is 6.22. The second kappa shape index (κ2) is 6.44. The van der Waals surface area contributed by atoms with Crippen LogP contribution in [0.3, 0.4) is 0 Å². The van der Waals surface area contributed by atoms with Gasteiger partial charge in [0.25, 0.3) is 0 Å². The van der Waals surface area contributed by atoms with E-state index in [1.54, 1.807) is 7.11 Å². The number of aryl methyl sites for hydroxylation is 2. The summed E-state index contributed by atoms with van der Waals surface area (Å²) in [4.78, 5) is 11.6. The van der Waals surface area contributed by atoms with Crippen molar-refractivity contribution in [3.63, 3.8) is 0 Å². The first-order valence-corrected chi connectivity index (χ1v) is 5.70. The Balaban J connectivity index is 2.46. The number of ketones is 1. The Morgan fingerprint density at radius 1 is 1.25 bits per heavy atom. The molecule has 0 heterocycles. The highest BCUT2D eigenvalue weighted by molar-refractivity contribution is 5.80. The molecule has 1 rings (SSSR count). The first kappa shape index (κ1) is 12.9. The second-order valence-corrected chi connectivity index (χ2v) is 4.23. The quantitative estimate of drug-likeness (QED) is 0.689. The lowest BCUT2D eigenvalue weighted by Gasteiger charge is -2.04. The van der Waals surface area contributed by atoms with Gasteiger partial charge in [0.15, 0.2) is 0 Å². The van der Waals surface area contributed by atoms with Gasteiger partial charge < -0.3 is 4.74 Å². The molecule has 2 nitrogen and oxygen atoms in total. The average Bonchev–Trinajstić information content (AvgIpc) is 2.24. The molecule has 0 saturated carbocycles. The third kappa shape index (κ3) is 4.15. The second-order valence-electron chi connectivity index (χ2n) is 4.23. The third-order valence-corrected chi connectivity index (χ3v) is 2.78. The van der Waals surface area contributed by atoms with E-state index in [0.29, 0.717) is 25.2 Å². The SMILES string of the molecule is COCCCC(=O)Cc1ccc(C)c(C)c1. The van der Waals surface area contributed by atoms with Crippen molar-refractivity contribution in [1.82, 2.24) is 0 Å². The van der Waals surface area contributed by atoms with Crippen LogP contribution in [0.5, 0.6) is 0 Å². The zero-order chi connectivity index (χ0) is 12.0. The largest absolute Gasteiger partial charge is 0.385 e. The zero-order valence-corrected chi connectivity index (χ0v) is 10.4. The Hall–Kier alpha value is -1.15. The fourth-order valence-corrected chi connectivity index (χ4v) is 1.64. The van der Waals surface area contributed by atoms with Crippen molar-refractivity contribution in [2.24, 2.45) is 0 Å². The van der Waals surface area contributed by atoms with Gasteiger partial charge in [0.05, 0.1) is 0 Å². The van der Waals surface area contributed by atoms with E-state index >= 15 is 0 Å². The van der Waals surface area contributed by atoms with Crippen molar-refractivity contribution < 1.29 is 9.53 Å². The number of ether oxygens (including phenoxy) is 1. The lowest BCUT2D eigenvalue weighted by Crippen LogP contribution is -2.04. The van der Waals surface area contributed by atoms with Gasteiger partial charge in [-0.15, -0.1) is 0 Å². The van der Waals surface area contributed by atoms with Crippen LogP contribution in [-0.2, 0) is 16.0 Å². The number of hydrogen-bond acceptors (Lipinski definition) is 2. The maximum atomic E-state index is 11.6. The molecule has 0 bridgehead atoms. The maximum absolute atomic E-state index is 11.6. The Labute approximate surface area is 97.6 Å². The highest BCUT2D eigenvalue weighted by Crippen LogP contribution is 2.11. The summed E-state index contributed by atoms with van der Waals surface area (Å²) in [5, 5.41) is 0. The lowest BCUT2D eigenvalue weighted by molar-refractivity contribution is -0.118. The fourth-order valence-electron chi connectivity index (χ4n) is 1.64. The van der Waals surface area contributed by atoms with Crippen molar-refractivity contribution >= 4 is 5.78 Å². The Morgan fingerprint density at radius 3 is 2.62 bits per heavy atom. The number of methoxy groups -OCH3 is 1. The number of hydrogen-bond donors (Lipinski definition) is 0. The highest BCUT2D eigenvalue weighted by Gasteiger charge is 2.04. The van der Waals surface area contributed by atoms with Crippen LogP contribution in [0.1, 0.15) is 29.5 Å². The lowest BCUT2D eigenvalue weighted by atomic mass is 10.0. The molecule has 0 saturated heterocycles. The monoisotopic (exact) mass is 220 g/mol. The van der Waals surface area contributed by atoms with Gasteiger partial charge in [-0.1, -0.05) is 18.2 Å². The summed E-state index contributed by atoms with van der Waals surface area (Å²) in [6.45, 7) is 4.83. The van der Waals surface area contributed by atoms with Crippen LogP contribution in [0.2, 0.25) is 0 Å².